The van der Waals surface area contributed by atoms with Crippen LogP contribution in [0.1, 0.15) is 53.4 Å². The van der Waals surface area contributed by atoms with Crippen molar-refractivity contribution in [2.45, 2.75) is 50.2 Å². The summed E-state index contributed by atoms with van der Waals surface area (Å²) in [5.74, 6) is 0.00836. The quantitative estimate of drug-likeness (QED) is 0.471. The molecule has 2 aromatic rings. The first-order chi connectivity index (χ1) is 16.3. The molecule has 0 bridgehead atoms. The van der Waals surface area contributed by atoms with Crippen molar-refractivity contribution >= 4 is 23.3 Å². The average molecular weight is 520 g/mol. The Balaban J connectivity index is 1.65. The van der Waals surface area contributed by atoms with Gasteiger partial charge in [0.2, 0.25) is 5.91 Å². The van der Waals surface area contributed by atoms with Crippen molar-refractivity contribution in [1.29, 1.82) is 0 Å². The number of benzene rings is 1. The van der Waals surface area contributed by atoms with Gasteiger partial charge in [-0.05, 0) is 48.6 Å². The molecule has 3 atom stereocenters. The molecular weight excluding hydrogens is 496 g/mol. The Morgan fingerprint density at radius 1 is 1.09 bits per heavy atom. The smallest absolute Gasteiger partial charge is 0.335 e. The molecule has 4 rings (SSSR count). The lowest BCUT2D eigenvalue weighted by molar-refractivity contribution is -0.143. The summed E-state index contributed by atoms with van der Waals surface area (Å²) < 4.78 is 80.0. The number of carbonyl (C=O) groups excluding carboxylic acids is 2. The van der Waals surface area contributed by atoms with Crippen molar-refractivity contribution in [2.24, 2.45) is 0 Å². The van der Waals surface area contributed by atoms with Crippen molar-refractivity contribution in [2.75, 3.05) is 20.1 Å². The second kappa shape index (κ2) is 9.03. The van der Waals surface area contributed by atoms with E-state index in [1.165, 1.54) is 25.3 Å². The lowest BCUT2D eigenvalue weighted by Crippen LogP contribution is -2.57. The molecule has 2 aliphatic rings. The summed E-state index contributed by atoms with van der Waals surface area (Å²) in [6.07, 6.45) is -9.03. The number of fused-ring (bicyclic) bond motifs is 1. The number of nitrogens with zero attached hydrogens (tertiary/aromatic N) is 3. The van der Waals surface area contributed by atoms with Crippen LogP contribution in [0.3, 0.4) is 0 Å². The highest BCUT2D eigenvalue weighted by Crippen LogP contribution is 2.41. The molecule has 1 unspecified atom stereocenters. The van der Waals surface area contributed by atoms with Crippen molar-refractivity contribution in [3.05, 3.63) is 57.3 Å². The van der Waals surface area contributed by atoms with Crippen molar-refractivity contribution in [3.8, 4) is 0 Å². The lowest BCUT2D eigenvalue weighted by Gasteiger charge is -2.46. The predicted molar refractivity (Wildman–Crippen MR) is 117 cm³/mol. The Hall–Kier alpha value is -2.76. The van der Waals surface area contributed by atoms with E-state index in [1.54, 1.807) is 9.80 Å². The van der Waals surface area contributed by atoms with Crippen LogP contribution in [0.2, 0.25) is 0 Å². The Morgan fingerprint density at radius 2 is 1.71 bits per heavy atom. The standard InChI is InChI=1S/C23H23F6N3O2S/c1-13(14-10-15(22(24,25)26)12-16(11-14)23(27,28)29)30(2)21(34)32-8-7-31-17(5-6-19(31)33)20(32)18-4-3-9-35-18/h3-4,9-13,17,20H,5-8H2,1-2H3/t13-,17+,20?/m1/s1. The number of urea groups is 1. The molecule has 0 spiro atoms. The summed E-state index contributed by atoms with van der Waals surface area (Å²) in [7, 11) is 1.36. The van der Waals surface area contributed by atoms with Crippen LogP contribution in [-0.4, -0.2) is 52.8 Å². The van der Waals surface area contributed by atoms with E-state index in [1.807, 2.05) is 17.5 Å². The number of hydrogen-bond donors (Lipinski definition) is 0. The molecule has 0 saturated carbocycles. The molecule has 1 aromatic carbocycles. The highest BCUT2D eigenvalue weighted by molar-refractivity contribution is 7.10. The number of rotatable bonds is 3. The minimum Gasteiger partial charge on any atom is -0.335 e. The van der Waals surface area contributed by atoms with Gasteiger partial charge in [0.15, 0.2) is 0 Å². The van der Waals surface area contributed by atoms with Gasteiger partial charge in [-0.15, -0.1) is 11.3 Å². The second-order valence-corrected chi connectivity index (χ2v) is 9.73. The first-order valence-electron chi connectivity index (χ1n) is 10.9. The lowest BCUT2D eigenvalue weighted by atomic mass is 9.98. The van der Waals surface area contributed by atoms with Crippen molar-refractivity contribution < 1.29 is 35.9 Å². The molecule has 2 fully saturated rings. The van der Waals surface area contributed by atoms with Gasteiger partial charge in [-0.25, -0.2) is 4.79 Å². The van der Waals surface area contributed by atoms with E-state index >= 15 is 0 Å². The Morgan fingerprint density at radius 3 is 2.26 bits per heavy atom. The van der Waals surface area contributed by atoms with Crippen LogP contribution in [0.15, 0.2) is 35.7 Å². The number of piperazine rings is 1. The van der Waals surface area contributed by atoms with E-state index in [9.17, 15) is 35.9 Å². The maximum Gasteiger partial charge on any atom is 0.416 e. The second-order valence-electron chi connectivity index (χ2n) is 8.76. The molecule has 1 aromatic heterocycles. The molecule has 0 N–H and O–H groups in total. The molecule has 12 heteroatoms. The highest BCUT2D eigenvalue weighted by atomic mass is 32.1. The zero-order chi connectivity index (χ0) is 25.7. The van der Waals surface area contributed by atoms with E-state index in [-0.39, 0.29) is 30.1 Å². The van der Waals surface area contributed by atoms with E-state index < -0.39 is 41.6 Å². The average Bonchev–Trinajstić information content (AvgIpc) is 3.46. The van der Waals surface area contributed by atoms with Crippen LogP contribution in [0.5, 0.6) is 0 Å². The van der Waals surface area contributed by atoms with Crippen molar-refractivity contribution in [3.63, 3.8) is 0 Å². The number of amides is 3. The molecule has 2 saturated heterocycles. The minimum atomic E-state index is -4.98. The normalized spacial score (nSPS) is 21.8. The van der Waals surface area contributed by atoms with Gasteiger partial charge in [0.25, 0.3) is 0 Å². The van der Waals surface area contributed by atoms with Gasteiger partial charge < -0.3 is 14.7 Å². The molecule has 2 aliphatic heterocycles. The SMILES string of the molecule is C[C@H](c1cc(C(F)(F)F)cc(C(F)(F)F)c1)N(C)C(=O)N1CCN2C(=O)CC[C@H]2C1c1cccs1. The summed E-state index contributed by atoms with van der Waals surface area (Å²) >= 11 is 1.43. The number of alkyl halides is 6. The summed E-state index contributed by atoms with van der Waals surface area (Å²) in [5, 5.41) is 1.85. The first kappa shape index (κ1) is 25.3. The molecule has 35 heavy (non-hydrogen) atoms. The maximum absolute atomic E-state index is 13.6. The van der Waals surface area contributed by atoms with Crippen LogP contribution in [0.4, 0.5) is 31.1 Å². The van der Waals surface area contributed by atoms with Gasteiger partial charge in [0.05, 0.1) is 29.3 Å². The van der Waals surface area contributed by atoms with E-state index in [0.717, 1.165) is 9.78 Å². The van der Waals surface area contributed by atoms with Gasteiger partial charge in [0, 0.05) is 31.4 Å². The van der Waals surface area contributed by atoms with Gasteiger partial charge in [0.1, 0.15) is 0 Å². The van der Waals surface area contributed by atoms with Gasteiger partial charge >= 0.3 is 18.4 Å². The number of carbonyl (C=O) groups is 2. The van der Waals surface area contributed by atoms with E-state index in [4.69, 9.17) is 0 Å². The van der Waals surface area contributed by atoms with Gasteiger partial charge in [-0.3, -0.25) is 4.79 Å². The largest absolute Gasteiger partial charge is 0.416 e. The molecule has 5 nitrogen and oxygen atoms in total. The Labute approximate surface area is 201 Å². The zero-order valence-electron chi connectivity index (χ0n) is 18.9. The molecule has 0 aliphatic carbocycles. The maximum atomic E-state index is 13.6. The number of halogens is 6. The summed E-state index contributed by atoms with van der Waals surface area (Å²) in [6.45, 7) is 1.92. The van der Waals surface area contributed by atoms with Crippen LogP contribution < -0.4 is 0 Å². The third kappa shape index (κ3) is 4.85. The Bertz CT molecular complexity index is 1070. The third-order valence-corrected chi connectivity index (χ3v) is 7.66. The summed E-state index contributed by atoms with van der Waals surface area (Å²) in [5.41, 5.74) is -3.13. The fourth-order valence-electron chi connectivity index (χ4n) is 4.77. The van der Waals surface area contributed by atoms with Gasteiger partial charge in [-0.2, -0.15) is 26.3 Å². The van der Waals surface area contributed by atoms with E-state index in [0.29, 0.717) is 31.5 Å². The topological polar surface area (TPSA) is 43.9 Å². The summed E-state index contributed by atoms with van der Waals surface area (Å²) in [4.78, 5) is 31.2. The Kier molecular flexibility index (Phi) is 6.54. The minimum absolute atomic E-state index is 0.00836. The summed E-state index contributed by atoms with van der Waals surface area (Å²) in [6, 6.07) is 2.78. The fourth-order valence-corrected chi connectivity index (χ4v) is 5.66. The molecule has 3 amide bonds. The highest BCUT2D eigenvalue weighted by Gasteiger charge is 2.46. The number of hydrogen-bond acceptors (Lipinski definition) is 3. The van der Waals surface area contributed by atoms with Gasteiger partial charge in [-0.1, -0.05) is 6.07 Å². The molecular formula is C23H23F6N3O2S. The predicted octanol–water partition coefficient (Wildman–Crippen LogP) is 5.95. The van der Waals surface area contributed by atoms with Crippen molar-refractivity contribution in [1.82, 2.24) is 14.7 Å². The monoisotopic (exact) mass is 519 g/mol. The molecule has 190 valence electrons. The fraction of sp³-hybridized carbons (Fsp3) is 0.478. The first-order valence-corrected chi connectivity index (χ1v) is 11.8. The molecule has 0 radical (unpaired) electrons. The van der Waals surface area contributed by atoms with Crippen LogP contribution in [0.25, 0.3) is 0 Å². The van der Waals surface area contributed by atoms with Crippen LogP contribution in [0, 0.1) is 0 Å². The zero-order valence-corrected chi connectivity index (χ0v) is 19.7. The third-order valence-electron chi connectivity index (χ3n) is 6.71. The van der Waals surface area contributed by atoms with Crippen LogP contribution >= 0.6 is 11.3 Å². The molecule has 3 heterocycles. The van der Waals surface area contributed by atoms with Crippen LogP contribution in [-0.2, 0) is 17.1 Å². The van der Waals surface area contributed by atoms with E-state index in [2.05, 4.69) is 0 Å². The number of thiophene rings is 1.